The third-order valence-electron chi connectivity index (χ3n) is 2.65. The topological polar surface area (TPSA) is 85.9 Å². The highest BCUT2D eigenvalue weighted by atomic mass is 16.3. The summed E-state index contributed by atoms with van der Waals surface area (Å²) in [5.74, 6) is 1.35. The third-order valence-corrected chi connectivity index (χ3v) is 2.65. The van der Waals surface area contributed by atoms with Crippen LogP contribution in [0.3, 0.4) is 0 Å². The monoisotopic (exact) mass is 251 g/mol. The molecule has 0 saturated heterocycles. The zero-order valence-electron chi connectivity index (χ0n) is 10.2. The first-order valence-electron chi connectivity index (χ1n) is 5.78. The number of aliphatic hydroxyl groups excluding tert-OH is 2. The lowest BCUT2D eigenvalue weighted by molar-refractivity contribution is 0.281. The van der Waals surface area contributed by atoms with Gasteiger partial charge in [0.15, 0.2) is 11.5 Å². The minimum absolute atomic E-state index is 0.00166. The van der Waals surface area contributed by atoms with Gasteiger partial charge in [-0.15, -0.1) is 0 Å². The van der Waals surface area contributed by atoms with Crippen molar-refractivity contribution in [1.82, 2.24) is 14.4 Å². The predicted octanol–water partition coefficient (Wildman–Crippen LogP) is -0.438. The maximum atomic E-state index is 9.08. The second kappa shape index (κ2) is 5.65. The Morgan fingerprint density at radius 3 is 2.67 bits per heavy atom. The van der Waals surface area contributed by atoms with Crippen LogP contribution in [0.15, 0.2) is 18.6 Å². The Kier molecular flexibility index (Phi) is 3.96. The van der Waals surface area contributed by atoms with E-state index in [0.717, 1.165) is 0 Å². The number of hydrogen-bond acceptors (Lipinski definition) is 6. The largest absolute Gasteiger partial charge is 0.395 e. The van der Waals surface area contributed by atoms with Gasteiger partial charge >= 0.3 is 0 Å². The van der Waals surface area contributed by atoms with Crippen molar-refractivity contribution in [1.29, 1.82) is 0 Å². The Morgan fingerprint density at radius 1 is 1.33 bits per heavy atom. The summed E-state index contributed by atoms with van der Waals surface area (Å²) in [6, 6.07) is 0. The van der Waals surface area contributed by atoms with Crippen LogP contribution in [0, 0.1) is 0 Å². The van der Waals surface area contributed by atoms with E-state index in [1.165, 1.54) is 0 Å². The normalized spacial score (nSPS) is 10.8. The quantitative estimate of drug-likeness (QED) is 0.645. The lowest BCUT2D eigenvalue weighted by Gasteiger charge is -2.22. The fourth-order valence-electron chi connectivity index (χ4n) is 1.81. The van der Waals surface area contributed by atoms with Crippen LogP contribution in [0.4, 0.5) is 11.6 Å². The molecule has 3 N–H and O–H groups in total. The van der Waals surface area contributed by atoms with Crippen LogP contribution in [-0.4, -0.2) is 57.9 Å². The first kappa shape index (κ1) is 12.6. The van der Waals surface area contributed by atoms with Crippen molar-refractivity contribution in [2.75, 3.05) is 43.6 Å². The van der Waals surface area contributed by atoms with Crippen molar-refractivity contribution < 1.29 is 10.2 Å². The van der Waals surface area contributed by atoms with Gasteiger partial charge in [-0.3, -0.25) is 0 Å². The van der Waals surface area contributed by atoms with E-state index in [1.807, 2.05) is 21.7 Å². The second-order valence-corrected chi connectivity index (χ2v) is 3.79. The Bertz CT molecular complexity index is 507. The van der Waals surface area contributed by atoms with Crippen LogP contribution >= 0.6 is 0 Å². The number of nitrogens with zero attached hydrogens (tertiary/aromatic N) is 4. The van der Waals surface area contributed by atoms with Gasteiger partial charge in [0.05, 0.1) is 19.4 Å². The molecule has 0 atom stereocenters. The average molecular weight is 251 g/mol. The predicted molar refractivity (Wildman–Crippen MR) is 68.9 cm³/mol. The zero-order chi connectivity index (χ0) is 13.0. The van der Waals surface area contributed by atoms with Crippen molar-refractivity contribution in [2.24, 2.45) is 0 Å². The molecule has 0 unspecified atom stereocenters. The van der Waals surface area contributed by atoms with Gasteiger partial charge in [-0.25, -0.2) is 9.97 Å². The van der Waals surface area contributed by atoms with E-state index >= 15 is 0 Å². The molecular formula is C11H17N5O2. The number of nitrogens with one attached hydrogen (secondary N) is 1. The smallest absolute Gasteiger partial charge is 0.180 e. The Hall–Kier alpha value is -1.86. The van der Waals surface area contributed by atoms with Crippen LogP contribution in [0.2, 0.25) is 0 Å². The summed E-state index contributed by atoms with van der Waals surface area (Å²) in [4.78, 5) is 10.5. The molecule has 0 aliphatic rings. The summed E-state index contributed by atoms with van der Waals surface area (Å²) in [5, 5.41) is 21.1. The minimum atomic E-state index is -0.00166. The van der Waals surface area contributed by atoms with Crippen LogP contribution in [0.5, 0.6) is 0 Å². The van der Waals surface area contributed by atoms with E-state index < -0.39 is 0 Å². The van der Waals surface area contributed by atoms with Crippen LogP contribution < -0.4 is 10.2 Å². The molecule has 7 heteroatoms. The van der Waals surface area contributed by atoms with Gasteiger partial charge in [-0.05, 0) is 0 Å². The van der Waals surface area contributed by atoms with Gasteiger partial charge in [-0.1, -0.05) is 0 Å². The van der Waals surface area contributed by atoms with E-state index in [4.69, 9.17) is 10.2 Å². The van der Waals surface area contributed by atoms with Gasteiger partial charge < -0.3 is 24.8 Å². The molecule has 0 amide bonds. The van der Waals surface area contributed by atoms with Gasteiger partial charge in [0.1, 0.15) is 5.82 Å². The van der Waals surface area contributed by atoms with E-state index in [0.29, 0.717) is 30.4 Å². The van der Waals surface area contributed by atoms with Gasteiger partial charge in [0, 0.05) is 32.5 Å². The van der Waals surface area contributed by atoms with Crippen LogP contribution in [0.1, 0.15) is 0 Å². The molecule has 98 valence electrons. The fraction of sp³-hybridized carbons (Fsp3) is 0.455. The number of anilines is 2. The van der Waals surface area contributed by atoms with Gasteiger partial charge in [0.25, 0.3) is 0 Å². The number of fused-ring (bicyclic) bond motifs is 1. The summed E-state index contributed by atoms with van der Waals surface area (Å²) in [5.41, 5.74) is 0.705. The maximum absolute atomic E-state index is 9.08. The number of aliphatic hydroxyl groups is 2. The second-order valence-electron chi connectivity index (χ2n) is 3.79. The Balaban J connectivity index is 2.48. The lowest BCUT2D eigenvalue weighted by Crippen LogP contribution is -2.31. The van der Waals surface area contributed by atoms with E-state index in [2.05, 4.69) is 15.3 Å². The van der Waals surface area contributed by atoms with Crippen LogP contribution in [-0.2, 0) is 0 Å². The molecule has 2 aromatic rings. The molecule has 18 heavy (non-hydrogen) atoms. The van der Waals surface area contributed by atoms with Crippen molar-refractivity contribution in [3.8, 4) is 0 Å². The number of aromatic nitrogens is 3. The average Bonchev–Trinajstić information content (AvgIpc) is 2.85. The highest BCUT2D eigenvalue weighted by Crippen LogP contribution is 2.20. The minimum Gasteiger partial charge on any atom is -0.395 e. The molecule has 7 nitrogen and oxygen atoms in total. The van der Waals surface area contributed by atoms with Gasteiger partial charge in [-0.2, -0.15) is 0 Å². The highest BCUT2D eigenvalue weighted by molar-refractivity contribution is 5.66. The number of rotatable bonds is 6. The molecule has 0 aliphatic heterocycles. The summed E-state index contributed by atoms with van der Waals surface area (Å²) in [6.07, 6.45) is 5.36. The van der Waals surface area contributed by atoms with E-state index in [1.54, 1.807) is 13.2 Å². The first-order chi connectivity index (χ1) is 8.80. The first-order valence-corrected chi connectivity index (χ1v) is 5.78. The molecule has 2 heterocycles. The molecule has 0 radical (unpaired) electrons. The molecule has 0 fully saturated rings. The van der Waals surface area contributed by atoms with Crippen molar-refractivity contribution in [3.63, 3.8) is 0 Å². The molecule has 0 saturated carbocycles. The Morgan fingerprint density at radius 2 is 2.06 bits per heavy atom. The number of hydrogen-bond donors (Lipinski definition) is 3. The van der Waals surface area contributed by atoms with Gasteiger partial charge in [0.2, 0.25) is 0 Å². The van der Waals surface area contributed by atoms with Crippen molar-refractivity contribution in [3.05, 3.63) is 18.6 Å². The standard InChI is InChI=1S/C11H17N5O2/c1-12-9-8-16-3-2-13-10(16)11(14-9)15(4-6-17)5-7-18/h2-3,8,12,17-18H,4-7H2,1H3. The molecular weight excluding hydrogens is 234 g/mol. The molecule has 0 aliphatic carbocycles. The summed E-state index contributed by atoms with van der Waals surface area (Å²) in [7, 11) is 1.79. The third kappa shape index (κ3) is 2.36. The van der Waals surface area contributed by atoms with Crippen LogP contribution in [0.25, 0.3) is 5.65 Å². The lowest BCUT2D eigenvalue weighted by atomic mass is 10.4. The Labute approximate surface area is 105 Å². The van der Waals surface area contributed by atoms with E-state index in [-0.39, 0.29) is 13.2 Å². The summed E-state index contributed by atoms with van der Waals surface area (Å²) >= 11 is 0. The molecule has 0 aromatic carbocycles. The molecule has 0 spiro atoms. The summed E-state index contributed by atoms with van der Waals surface area (Å²) in [6.45, 7) is 0.809. The zero-order valence-corrected chi connectivity index (χ0v) is 10.2. The van der Waals surface area contributed by atoms with Crippen molar-refractivity contribution in [2.45, 2.75) is 0 Å². The summed E-state index contributed by atoms with van der Waals surface area (Å²) < 4.78 is 1.86. The molecule has 0 bridgehead atoms. The highest BCUT2D eigenvalue weighted by Gasteiger charge is 2.14. The fourth-order valence-corrected chi connectivity index (χ4v) is 1.81. The SMILES string of the molecule is CNc1cn2ccnc2c(N(CCO)CCO)n1. The number of imidazole rings is 1. The van der Waals surface area contributed by atoms with E-state index in [9.17, 15) is 0 Å². The maximum Gasteiger partial charge on any atom is 0.180 e. The molecule has 2 rings (SSSR count). The van der Waals surface area contributed by atoms with Crippen molar-refractivity contribution >= 4 is 17.3 Å². The molecule has 2 aromatic heterocycles.